The number of halogens is 1. The average molecular weight is 234 g/mol. The molecular formula is C9H12ClNO2S. The Hall–Kier alpha value is -0.580. The van der Waals surface area contributed by atoms with Crippen molar-refractivity contribution in [3.63, 3.8) is 0 Å². The van der Waals surface area contributed by atoms with E-state index < -0.39 is 0 Å². The van der Waals surface area contributed by atoms with Crippen LogP contribution in [0.1, 0.15) is 17.9 Å². The molecule has 0 saturated heterocycles. The molecule has 0 spiro atoms. The molecule has 1 aromatic heterocycles. The molecule has 0 aliphatic heterocycles. The number of hydrogen-bond acceptors (Lipinski definition) is 3. The van der Waals surface area contributed by atoms with Crippen LogP contribution >= 0.6 is 22.9 Å². The molecule has 0 fully saturated rings. The first kappa shape index (κ1) is 11.5. The summed E-state index contributed by atoms with van der Waals surface area (Å²) < 4.78 is 5.96. The van der Waals surface area contributed by atoms with E-state index in [-0.39, 0.29) is 12.0 Å². The van der Waals surface area contributed by atoms with Gasteiger partial charge in [-0.15, -0.1) is 11.3 Å². The second-order valence-electron chi connectivity index (χ2n) is 2.80. The Morgan fingerprint density at radius 1 is 1.71 bits per heavy atom. The normalized spacial score (nSPS) is 12.5. The van der Waals surface area contributed by atoms with E-state index in [9.17, 15) is 4.79 Å². The third-order valence-corrected chi connectivity index (χ3v) is 3.06. The van der Waals surface area contributed by atoms with Crippen LogP contribution in [0.25, 0.3) is 0 Å². The summed E-state index contributed by atoms with van der Waals surface area (Å²) in [6, 6.07) is 3.73. The molecule has 1 rings (SSSR count). The van der Waals surface area contributed by atoms with Gasteiger partial charge in [0.25, 0.3) is 0 Å². The molecule has 1 heterocycles. The predicted molar refractivity (Wildman–Crippen MR) is 57.8 cm³/mol. The average Bonchev–Trinajstić information content (AvgIpc) is 2.53. The van der Waals surface area contributed by atoms with E-state index >= 15 is 0 Å². The van der Waals surface area contributed by atoms with Crippen LogP contribution in [0.15, 0.2) is 12.1 Å². The van der Waals surface area contributed by atoms with E-state index in [0.29, 0.717) is 6.54 Å². The fourth-order valence-electron chi connectivity index (χ4n) is 1.04. The Balaban J connectivity index is 2.58. The van der Waals surface area contributed by atoms with Gasteiger partial charge in [0.2, 0.25) is 5.91 Å². The van der Waals surface area contributed by atoms with Crippen LogP contribution in [-0.2, 0) is 9.53 Å². The van der Waals surface area contributed by atoms with Gasteiger partial charge in [-0.3, -0.25) is 4.79 Å². The van der Waals surface area contributed by atoms with Gasteiger partial charge in [0.05, 0.1) is 4.34 Å². The van der Waals surface area contributed by atoms with E-state index in [2.05, 4.69) is 5.32 Å². The number of amides is 1. The van der Waals surface area contributed by atoms with E-state index in [1.807, 2.05) is 12.1 Å². The van der Waals surface area contributed by atoms with Crippen molar-refractivity contribution in [3.05, 3.63) is 21.3 Å². The molecule has 1 N–H and O–H groups in total. The SMILES string of the molecule is CO[C@@H](CNC(C)=O)c1ccc(Cl)s1. The Labute approximate surface area is 92.0 Å². The summed E-state index contributed by atoms with van der Waals surface area (Å²) in [6.07, 6.45) is -0.114. The van der Waals surface area contributed by atoms with Crippen molar-refractivity contribution in [3.8, 4) is 0 Å². The third-order valence-electron chi connectivity index (χ3n) is 1.73. The lowest BCUT2D eigenvalue weighted by Crippen LogP contribution is -2.26. The Morgan fingerprint density at radius 3 is 2.86 bits per heavy atom. The maximum Gasteiger partial charge on any atom is 0.216 e. The Morgan fingerprint density at radius 2 is 2.43 bits per heavy atom. The minimum absolute atomic E-state index is 0.0605. The second-order valence-corrected chi connectivity index (χ2v) is 4.55. The molecule has 78 valence electrons. The smallest absolute Gasteiger partial charge is 0.216 e. The lowest BCUT2D eigenvalue weighted by atomic mass is 10.3. The third kappa shape index (κ3) is 3.29. The number of carbonyl (C=O) groups excluding carboxylic acids is 1. The minimum Gasteiger partial charge on any atom is -0.374 e. The largest absolute Gasteiger partial charge is 0.374 e. The van der Waals surface area contributed by atoms with Crippen LogP contribution in [0.4, 0.5) is 0 Å². The van der Waals surface area contributed by atoms with E-state index in [1.54, 1.807) is 7.11 Å². The van der Waals surface area contributed by atoms with Gasteiger partial charge >= 0.3 is 0 Å². The minimum atomic E-state index is -0.114. The molecule has 0 aliphatic rings. The Kier molecular flexibility index (Phi) is 4.38. The van der Waals surface area contributed by atoms with Crippen LogP contribution in [0, 0.1) is 0 Å². The molecule has 0 unspecified atom stereocenters. The van der Waals surface area contributed by atoms with Crippen molar-refractivity contribution in [1.82, 2.24) is 5.32 Å². The number of carbonyl (C=O) groups is 1. The summed E-state index contributed by atoms with van der Waals surface area (Å²) in [5, 5.41) is 2.70. The maximum atomic E-state index is 10.7. The summed E-state index contributed by atoms with van der Waals surface area (Å²) in [7, 11) is 1.61. The van der Waals surface area contributed by atoms with Gasteiger partial charge in [-0.2, -0.15) is 0 Å². The molecule has 0 aliphatic carbocycles. The zero-order chi connectivity index (χ0) is 10.6. The molecule has 1 atom stereocenters. The van der Waals surface area contributed by atoms with Crippen molar-refractivity contribution in [1.29, 1.82) is 0 Å². The first-order chi connectivity index (χ1) is 6.63. The van der Waals surface area contributed by atoms with Crippen molar-refractivity contribution < 1.29 is 9.53 Å². The van der Waals surface area contributed by atoms with E-state index in [4.69, 9.17) is 16.3 Å². The fourth-order valence-corrected chi connectivity index (χ4v) is 2.18. The lowest BCUT2D eigenvalue weighted by molar-refractivity contribution is -0.119. The summed E-state index contributed by atoms with van der Waals surface area (Å²) >= 11 is 7.26. The maximum absolute atomic E-state index is 10.7. The molecular weight excluding hydrogens is 222 g/mol. The first-order valence-electron chi connectivity index (χ1n) is 4.16. The zero-order valence-electron chi connectivity index (χ0n) is 8.04. The molecule has 1 amide bonds. The van der Waals surface area contributed by atoms with Gasteiger partial charge in [0.1, 0.15) is 6.10 Å². The van der Waals surface area contributed by atoms with Crippen LogP contribution in [0.3, 0.4) is 0 Å². The lowest BCUT2D eigenvalue weighted by Gasteiger charge is -2.13. The summed E-state index contributed by atoms with van der Waals surface area (Å²) in [4.78, 5) is 11.7. The molecule has 0 bridgehead atoms. The topological polar surface area (TPSA) is 38.3 Å². The molecule has 5 heteroatoms. The zero-order valence-corrected chi connectivity index (χ0v) is 9.61. The van der Waals surface area contributed by atoms with Gasteiger partial charge in [0.15, 0.2) is 0 Å². The monoisotopic (exact) mass is 233 g/mol. The summed E-state index contributed by atoms with van der Waals surface area (Å²) in [5.74, 6) is -0.0605. The van der Waals surface area contributed by atoms with Crippen molar-refractivity contribution in [2.75, 3.05) is 13.7 Å². The van der Waals surface area contributed by atoms with Crippen LogP contribution in [0.2, 0.25) is 4.34 Å². The standard InChI is InChI=1S/C9H12ClNO2S/c1-6(12)11-5-7(13-2)8-3-4-9(10)14-8/h3-4,7H,5H2,1-2H3,(H,11,12)/t7-/m0/s1. The predicted octanol–water partition coefficient (Wildman–Crippen LogP) is 2.23. The highest BCUT2D eigenvalue weighted by Gasteiger charge is 2.12. The van der Waals surface area contributed by atoms with Gasteiger partial charge < -0.3 is 10.1 Å². The number of rotatable bonds is 4. The molecule has 1 aromatic rings. The van der Waals surface area contributed by atoms with Crippen LogP contribution < -0.4 is 5.32 Å². The Bertz CT molecular complexity index is 314. The second kappa shape index (κ2) is 5.34. The van der Waals surface area contributed by atoms with E-state index in [0.717, 1.165) is 9.21 Å². The molecule has 0 saturated carbocycles. The highest BCUT2D eigenvalue weighted by molar-refractivity contribution is 7.16. The van der Waals surface area contributed by atoms with Crippen LogP contribution in [-0.4, -0.2) is 19.6 Å². The number of hydrogen-bond donors (Lipinski definition) is 1. The highest BCUT2D eigenvalue weighted by Crippen LogP contribution is 2.28. The molecule has 14 heavy (non-hydrogen) atoms. The first-order valence-corrected chi connectivity index (χ1v) is 5.35. The number of ether oxygens (including phenoxy) is 1. The number of methoxy groups -OCH3 is 1. The molecule has 0 aromatic carbocycles. The highest BCUT2D eigenvalue weighted by atomic mass is 35.5. The number of nitrogens with one attached hydrogen (secondary N) is 1. The molecule has 3 nitrogen and oxygen atoms in total. The van der Waals surface area contributed by atoms with Crippen molar-refractivity contribution in [2.45, 2.75) is 13.0 Å². The van der Waals surface area contributed by atoms with Crippen LogP contribution in [0.5, 0.6) is 0 Å². The van der Waals surface area contributed by atoms with Gasteiger partial charge in [-0.1, -0.05) is 11.6 Å². The van der Waals surface area contributed by atoms with Crippen molar-refractivity contribution in [2.24, 2.45) is 0 Å². The fraction of sp³-hybridized carbons (Fsp3) is 0.444. The quantitative estimate of drug-likeness (QED) is 0.866. The number of thiophene rings is 1. The van der Waals surface area contributed by atoms with E-state index in [1.165, 1.54) is 18.3 Å². The molecule has 0 radical (unpaired) electrons. The summed E-state index contributed by atoms with van der Waals surface area (Å²) in [6.45, 7) is 1.96. The van der Waals surface area contributed by atoms with Crippen molar-refractivity contribution >= 4 is 28.8 Å². The van der Waals surface area contributed by atoms with Gasteiger partial charge in [-0.05, 0) is 12.1 Å². The summed E-state index contributed by atoms with van der Waals surface area (Å²) in [5.41, 5.74) is 0. The van der Waals surface area contributed by atoms with Gasteiger partial charge in [-0.25, -0.2) is 0 Å². The van der Waals surface area contributed by atoms with Gasteiger partial charge in [0, 0.05) is 25.5 Å².